The van der Waals surface area contributed by atoms with Crippen molar-refractivity contribution in [2.24, 2.45) is 0 Å². The van der Waals surface area contributed by atoms with Gasteiger partial charge in [-0.05, 0) is 12.2 Å². The summed E-state index contributed by atoms with van der Waals surface area (Å²) in [7, 11) is 0. The predicted octanol–water partition coefficient (Wildman–Crippen LogP) is 1.75. The Labute approximate surface area is 86.8 Å². The normalized spacial score (nSPS) is 12.4. The average Bonchev–Trinajstić information content (AvgIpc) is 2.19. The molecule has 0 amide bonds. The van der Waals surface area contributed by atoms with Crippen molar-refractivity contribution in [3.05, 3.63) is 24.3 Å². The third kappa shape index (κ3) is 2.99. The molecule has 1 aromatic heterocycles. The summed E-state index contributed by atoms with van der Waals surface area (Å²) < 4.78 is 0. The van der Waals surface area contributed by atoms with Gasteiger partial charge >= 0.3 is 5.97 Å². The highest BCUT2D eigenvalue weighted by molar-refractivity contribution is 8.00. The van der Waals surface area contributed by atoms with Gasteiger partial charge in [-0.1, -0.05) is 6.92 Å². The number of aromatic nitrogens is 2. The number of hydrogen-bond acceptors (Lipinski definition) is 4. The van der Waals surface area contributed by atoms with Gasteiger partial charge in [-0.3, -0.25) is 4.79 Å². The number of carboxylic acid groups (broad SMARTS) is 1. The van der Waals surface area contributed by atoms with Crippen molar-refractivity contribution in [3.8, 4) is 0 Å². The van der Waals surface area contributed by atoms with Crippen LogP contribution in [0.4, 0.5) is 0 Å². The van der Waals surface area contributed by atoms with Gasteiger partial charge in [0.1, 0.15) is 11.6 Å². The first-order valence-corrected chi connectivity index (χ1v) is 5.40. The molecule has 0 saturated heterocycles. The molecule has 0 aliphatic heterocycles. The minimum atomic E-state index is -0.835. The SMILES string of the molecule is CCCSC(C(=O)O)c1cncnc1. The molecular weight excluding hydrogens is 200 g/mol. The standard InChI is InChI=1S/C9H12N2O2S/c1-2-3-14-8(9(12)13)7-4-10-6-11-5-7/h4-6,8H,2-3H2,1H3,(H,12,13). The summed E-state index contributed by atoms with van der Waals surface area (Å²) in [4.78, 5) is 18.5. The number of hydrogen-bond donors (Lipinski definition) is 1. The van der Waals surface area contributed by atoms with Gasteiger partial charge in [-0.2, -0.15) is 0 Å². The maximum Gasteiger partial charge on any atom is 0.321 e. The minimum Gasteiger partial charge on any atom is -0.480 e. The van der Waals surface area contributed by atoms with Crippen LogP contribution in [0.1, 0.15) is 24.2 Å². The Morgan fingerprint density at radius 2 is 2.21 bits per heavy atom. The number of rotatable bonds is 5. The fraction of sp³-hybridized carbons (Fsp3) is 0.444. The van der Waals surface area contributed by atoms with Gasteiger partial charge in [0.2, 0.25) is 0 Å². The number of aliphatic carboxylic acids is 1. The number of carboxylic acids is 1. The van der Waals surface area contributed by atoms with Crippen LogP contribution in [0.2, 0.25) is 0 Å². The van der Waals surface area contributed by atoms with Crippen LogP contribution in [0.25, 0.3) is 0 Å². The second kappa shape index (κ2) is 5.59. The molecule has 76 valence electrons. The third-order valence-corrected chi connectivity index (χ3v) is 3.05. The summed E-state index contributed by atoms with van der Waals surface area (Å²) in [5, 5.41) is 8.43. The quantitative estimate of drug-likeness (QED) is 0.805. The zero-order chi connectivity index (χ0) is 10.4. The summed E-state index contributed by atoms with van der Waals surface area (Å²) in [5.41, 5.74) is 0.651. The van der Waals surface area contributed by atoms with E-state index in [1.54, 1.807) is 12.4 Å². The first-order chi connectivity index (χ1) is 6.75. The van der Waals surface area contributed by atoms with Crippen LogP contribution in [0.3, 0.4) is 0 Å². The molecule has 0 aliphatic rings. The summed E-state index contributed by atoms with van der Waals surface area (Å²) in [6.45, 7) is 2.02. The van der Waals surface area contributed by atoms with Crippen LogP contribution in [0, 0.1) is 0 Å². The van der Waals surface area contributed by atoms with E-state index in [4.69, 9.17) is 5.11 Å². The van der Waals surface area contributed by atoms with Gasteiger partial charge in [0.05, 0.1) is 0 Å². The molecule has 1 atom stereocenters. The maximum absolute atomic E-state index is 10.9. The van der Waals surface area contributed by atoms with Crippen LogP contribution in [-0.2, 0) is 4.79 Å². The van der Waals surface area contributed by atoms with Crippen molar-refractivity contribution in [2.45, 2.75) is 18.6 Å². The van der Waals surface area contributed by atoms with Gasteiger partial charge in [0, 0.05) is 18.0 Å². The summed E-state index contributed by atoms with van der Waals surface area (Å²) >= 11 is 1.40. The molecule has 0 radical (unpaired) electrons. The van der Waals surface area contributed by atoms with E-state index < -0.39 is 11.2 Å². The maximum atomic E-state index is 10.9. The smallest absolute Gasteiger partial charge is 0.321 e. The summed E-state index contributed by atoms with van der Waals surface area (Å²) in [6, 6.07) is 0. The van der Waals surface area contributed by atoms with Crippen LogP contribution >= 0.6 is 11.8 Å². The van der Waals surface area contributed by atoms with Crippen LogP contribution < -0.4 is 0 Å². The lowest BCUT2D eigenvalue weighted by Crippen LogP contribution is -2.09. The van der Waals surface area contributed by atoms with Crippen molar-refractivity contribution in [3.63, 3.8) is 0 Å². The van der Waals surface area contributed by atoms with Gasteiger partial charge in [-0.15, -0.1) is 11.8 Å². The van der Waals surface area contributed by atoms with Crippen molar-refractivity contribution in [1.29, 1.82) is 0 Å². The van der Waals surface area contributed by atoms with E-state index >= 15 is 0 Å². The second-order valence-corrected chi connectivity index (χ2v) is 3.97. The largest absolute Gasteiger partial charge is 0.480 e. The van der Waals surface area contributed by atoms with E-state index in [9.17, 15) is 4.79 Å². The molecule has 1 rings (SSSR count). The van der Waals surface area contributed by atoms with E-state index in [0.29, 0.717) is 5.56 Å². The highest BCUT2D eigenvalue weighted by Gasteiger charge is 2.19. The van der Waals surface area contributed by atoms with Gasteiger partial charge in [0.25, 0.3) is 0 Å². The summed E-state index contributed by atoms with van der Waals surface area (Å²) in [5.74, 6) is -0.00969. The highest BCUT2D eigenvalue weighted by Crippen LogP contribution is 2.28. The Morgan fingerprint density at radius 1 is 1.57 bits per heavy atom. The predicted molar refractivity (Wildman–Crippen MR) is 55.2 cm³/mol. The fourth-order valence-corrected chi connectivity index (χ4v) is 1.92. The Balaban J connectivity index is 2.73. The highest BCUT2D eigenvalue weighted by atomic mass is 32.2. The topological polar surface area (TPSA) is 63.1 Å². The van der Waals surface area contributed by atoms with E-state index in [1.807, 2.05) is 6.92 Å². The third-order valence-electron chi connectivity index (χ3n) is 1.60. The lowest BCUT2D eigenvalue weighted by Gasteiger charge is -2.10. The minimum absolute atomic E-state index is 0.545. The first-order valence-electron chi connectivity index (χ1n) is 4.35. The van der Waals surface area contributed by atoms with Crippen molar-refractivity contribution in [1.82, 2.24) is 9.97 Å². The van der Waals surface area contributed by atoms with Crippen LogP contribution in [0.15, 0.2) is 18.7 Å². The molecule has 1 heterocycles. The zero-order valence-corrected chi connectivity index (χ0v) is 8.70. The molecule has 0 aromatic carbocycles. The lowest BCUT2D eigenvalue weighted by atomic mass is 10.2. The summed E-state index contributed by atoms with van der Waals surface area (Å²) in [6.07, 6.45) is 5.46. The average molecular weight is 212 g/mol. The molecule has 0 aliphatic carbocycles. The van der Waals surface area contributed by atoms with E-state index in [2.05, 4.69) is 9.97 Å². The Hall–Kier alpha value is -1.10. The lowest BCUT2D eigenvalue weighted by molar-refractivity contribution is -0.136. The molecule has 14 heavy (non-hydrogen) atoms. The van der Waals surface area contributed by atoms with Gasteiger partial charge in [0.15, 0.2) is 0 Å². The van der Waals surface area contributed by atoms with Crippen LogP contribution in [-0.4, -0.2) is 26.8 Å². The number of carbonyl (C=O) groups is 1. The fourth-order valence-electron chi connectivity index (χ4n) is 0.992. The molecule has 0 saturated carbocycles. The van der Waals surface area contributed by atoms with E-state index in [0.717, 1.165) is 12.2 Å². The Kier molecular flexibility index (Phi) is 4.39. The van der Waals surface area contributed by atoms with Gasteiger partial charge < -0.3 is 5.11 Å². The van der Waals surface area contributed by atoms with Crippen molar-refractivity contribution < 1.29 is 9.90 Å². The van der Waals surface area contributed by atoms with E-state index in [1.165, 1.54) is 18.1 Å². The molecule has 4 nitrogen and oxygen atoms in total. The first kappa shape index (κ1) is 11.0. The molecular formula is C9H12N2O2S. The second-order valence-electron chi connectivity index (χ2n) is 2.76. The van der Waals surface area contributed by atoms with Crippen molar-refractivity contribution >= 4 is 17.7 Å². The monoisotopic (exact) mass is 212 g/mol. The molecule has 1 N–H and O–H groups in total. The Morgan fingerprint density at radius 3 is 2.71 bits per heavy atom. The number of nitrogens with zero attached hydrogens (tertiary/aromatic N) is 2. The number of thioether (sulfide) groups is 1. The zero-order valence-electron chi connectivity index (χ0n) is 7.88. The molecule has 1 unspecified atom stereocenters. The van der Waals surface area contributed by atoms with E-state index in [-0.39, 0.29) is 0 Å². The van der Waals surface area contributed by atoms with Crippen LogP contribution in [0.5, 0.6) is 0 Å². The Bertz CT molecular complexity index is 292. The molecule has 1 aromatic rings. The van der Waals surface area contributed by atoms with Crippen molar-refractivity contribution in [2.75, 3.05) is 5.75 Å². The molecule has 0 fully saturated rings. The molecule has 0 spiro atoms. The molecule has 5 heteroatoms. The van der Waals surface area contributed by atoms with Gasteiger partial charge in [-0.25, -0.2) is 9.97 Å². The molecule has 0 bridgehead atoms.